The Balaban J connectivity index is 1.40. The summed E-state index contributed by atoms with van der Waals surface area (Å²) in [7, 11) is 0. The number of nitrogens with one attached hydrogen (secondary N) is 1. The molecule has 0 unspecified atom stereocenters. The number of nitrogen functional groups attached to an aromatic ring is 1. The Kier molecular flexibility index (Phi) is 10.3. The summed E-state index contributed by atoms with van der Waals surface area (Å²) in [6, 6.07) is 7.03. The van der Waals surface area contributed by atoms with E-state index in [1.807, 2.05) is 0 Å². The number of carbonyl (C=O) groups excluding carboxylic acids is 2. The standard InChI is InChI=1S/C39H32ClF8N7O2/c1-38(2,17-56)10-9-21-3-4-22(23-6-8-26(40)31-34(23)54(15-28(43)44)53-37(31)49)32(50-21)27(13-18-11-19(41)14-20(42)12-18)51-29(57)16-55-35-30(33(52-55)36(45)46)24-5-7-25(24)39(35,47)48/h3-4,6,8,11-12,14,17,24-25,27-28,36H,5,7,13,15-16H2,1-2H3,(H2,49,53)(H,51,57)/t24-,25+,27-/m0/s1. The summed E-state index contributed by atoms with van der Waals surface area (Å²) in [6.45, 7) is 1.23. The summed E-state index contributed by atoms with van der Waals surface area (Å²) in [5.41, 5.74) is 3.48. The van der Waals surface area contributed by atoms with Gasteiger partial charge in [0.05, 0.1) is 33.1 Å². The van der Waals surface area contributed by atoms with Gasteiger partial charge in [-0.2, -0.15) is 19.0 Å². The van der Waals surface area contributed by atoms with Crippen LogP contribution in [0, 0.1) is 34.8 Å². The maximum atomic E-state index is 15.6. The van der Waals surface area contributed by atoms with Gasteiger partial charge in [-0.3, -0.25) is 14.2 Å². The summed E-state index contributed by atoms with van der Waals surface area (Å²) in [6.07, 6.45) is -5.51. The largest absolute Gasteiger partial charge is 0.382 e. The highest BCUT2D eigenvalue weighted by Crippen LogP contribution is 2.63. The van der Waals surface area contributed by atoms with Gasteiger partial charge in [0.15, 0.2) is 5.82 Å². The van der Waals surface area contributed by atoms with Crippen LogP contribution in [-0.4, -0.2) is 43.2 Å². The number of alkyl halides is 6. The van der Waals surface area contributed by atoms with Crippen LogP contribution in [-0.2, 0) is 35.0 Å². The molecule has 57 heavy (non-hydrogen) atoms. The number of carbonyl (C=O) groups is 2. The molecule has 1 saturated carbocycles. The Labute approximate surface area is 324 Å². The SMILES string of the molecule is CC(C)(C#Cc1ccc(-c2ccc(Cl)c3c(N)nn(CC(F)F)c23)c([C@H](Cc2cc(F)cc(F)c2)NC(=O)Cn2nc(C(F)F)c3c2C(F)(F)[C@@H]2CC[C@H]32)n1)C=O. The fraction of sp³-hybridized carbons (Fsp3) is 0.359. The van der Waals surface area contributed by atoms with E-state index in [2.05, 4.69) is 32.3 Å². The minimum atomic E-state index is -3.54. The van der Waals surface area contributed by atoms with Crippen LogP contribution in [0.15, 0.2) is 42.5 Å². The third kappa shape index (κ3) is 7.42. The number of pyridine rings is 1. The third-order valence-corrected chi connectivity index (χ3v) is 10.5. The van der Waals surface area contributed by atoms with E-state index in [1.54, 1.807) is 13.8 Å². The predicted molar refractivity (Wildman–Crippen MR) is 193 cm³/mol. The van der Waals surface area contributed by atoms with E-state index >= 15 is 8.78 Å². The van der Waals surface area contributed by atoms with Crippen molar-refractivity contribution >= 4 is 40.5 Å². The molecule has 1 fully saturated rings. The molecule has 0 bridgehead atoms. The topological polar surface area (TPSA) is 121 Å². The first-order chi connectivity index (χ1) is 26.9. The van der Waals surface area contributed by atoms with Crippen LogP contribution < -0.4 is 11.1 Å². The smallest absolute Gasteiger partial charge is 0.293 e. The van der Waals surface area contributed by atoms with Crippen molar-refractivity contribution in [3.63, 3.8) is 0 Å². The van der Waals surface area contributed by atoms with Crippen LogP contribution in [0.4, 0.5) is 40.9 Å². The highest BCUT2D eigenvalue weighted by Gasteiger charge is 2.62. The number of rotatable bonds is 11. The van der Waals surface area contributed by atoms with Crippen molar-refractivity contribution in [2.75, 3.05) is 5.73 Å². The van der Waals surface area contributed by atoms with Crippen molar-refractivity contribution in [3.8, 4) is 23.0 Å². The number of hydrogen-bond acceptors (Lipinski definition) is 6. The first kappa shape index (κ1) is 39.7. The number of aldehydes is 1. The van der Waals surface area contributed by atoms with E-state index in [0.29, 0.717) is 17.0 Å². The zero-order valence-electron chi connectivity index (χ0n) is 30.1. The normalized spacial score (nSPS) is 17.6. The van der Waals surface area contributed by atoms with E-state index in [4.69, 9.17) is 17.3 Å². The highest BCUT2D eigenvalue weighted by atomic mass is 35.5. The zero-order valence-corrected chi connectivity index (χ0v) is 30.8. The van der Waals surface area contributed by atoms with Gasteiger partial charge in [0.25, 0.3) is 18.8 Å². The summed E-state index contributed by atoms with van der Waals surface area (Å²) >= 11 is 6.46. The van der Waals surface area contributed by atoms with E-state index in [9.17, 15) is 35.9 Å². The maximum Gasteiger partial charge on any atom is 0.293 e. The van der Waals surface area contributed by atoms with Gasteiger partial charge in [0.2, 0.25) is 5.91 Å². The van der Waals surface area contributed by atoms with E-state index in [1.165, 1.54) is 24.3 Å². The lowest BCUT2D eigenvalue weighted by molar-refractivity contribution is -0.123. The third-order valence-electron chi connectivity index (χ3n) is 10.2. The van der Waals surface area contributed by atoms with Crippen molar-refractivity contribution < 1.29 is 44.7 Å². The second kappa shape index (κ2) is 14.8. The van der Waals surface area contributed by atoms with Crippen molar-refractivity contribution in [1.82, 2.24) is 29.9 Å². The molecule has 2 aromatic carbocycles. The number of anilines is 1. The number of nitrogens with two attached hydrogens (primary N) is 1. The Morgan fingerprint density at radius 2 is 1.74 bits per heavy atom. The van der Waals surface area contributed by atoms with Gasteiger partial charge < -0.3 is 15.8 Å². The van der Waals surface area contributed by atoms with Gasteiger partial charge in [0, 0.05) is 28.7 Å². The van der Waals surface area contributed by atoms with Crippen molar-refractivity contribution in [3.05, 3.63) is 93.0 Å². The molecule has 2 aliphatic rings. The minimum Gasteiger partial charge on any atom is -0.382 e. The van der Waals surface area contributed by atoms with Gasteiger partial charge in [-0.1, -0.05) is 23.6 Å². The van der Waals surface area contributed by atoms with Gasteiger partial charge >= 0.3 is 0 Å². The summed E-state index contributed by atoms with van der Waals surface area (Å²) < 4.78 is 118. The maximum absolute atomic E-state index is 15.6. The number of benzene rings is 2. The second-order valence-electron chi connectivity index (χ2n) is 14.6. The number of amides is 1. The molecule has 9 nitrogen and oxygen atoms in total. The van der Waals surface area contributed by atoms with E-state index < -0.39 is 90.5 Å². The van der Waals surface area contributed by atoms with Crippen LogP contribution in [0.1, 0.15) is 79.0 Å². The molecule has 18 heteroatoms. The Morgan fingerprint density at radius 3 is 2.37 bits per heavy atom. The lowest BCUT2D eigenvalue weighted by Crippen LogP contribution is -2.36. The number of nitrogens with zero attached hydrogens (tertiary/aromatic N) is 5. The molecule has 7 rings (SSSR count). The van der Waals surface area contributed by atoms with E-state index in [0.717, 1.165) is 16.8 Å². The zero-order chi connectivity index (χ0) is 41.1. The molecule has 3 N–H and O–H groups in total. The number of halogens is 9. The molecule has 0 spiro atoms. The Bertz CT molecular complexity index is 2470. The molecular weight excluding hydrogens is 786 g/mol. The fourth-order valence-corrected chi connectivity index (χ4v) is 7.83. The monoisotopic (exact) mass is 817 g/mol. The Hall–Kier alpha value is -5.50. The molecule has 3 atom stereocenters. The van der Waals surface area contributed by atoms with Crippen molar-refractivity contribution in [2.45, 2.75) is 76.9 Å². The fourth-order valence-electron chi connectivity index (χ4n) is 7.58. The highest BCUT2D eigenvalue weighted by molar-refractivity contribution is 6.37. The molecule has 298 valence electrons. The van der Waals surface area contributed by atoms with E-state index in [-0.39, 0.29) is 68.2 Å². The van der Waals surface area contributed by atoms with Crippen LogP contribution in [0.25, 0.3) is 22.0 Å². The van der Waals surface area contributed by atoms with Crippen LogP contribution in [0.3, 0.4) is 0 Å². The van der Waals surface area contributed by atoms with Crippen LogP contribution in [0.5, 0.6) is 0 Å². The van der Waals surface area contributed by atoms with Crippen molar-refractivity contribution in [2.24, 2.45) is 11.3 Å². The lowest BCUT2D eigenvalue weighted by Gasteiger charge is -2.34. The number of fused-ring (bicyclic) bond motifs is 4. The number of hydrogen-bond donors (Lipinski definition) is 2. The van der Waals surface area contributed by atoms with Crippen LogP contribution in [0.2, 0.25) is 5.02 Å². The quantitative estimate of drug-likeness (QED) is 0.0787. The predicted octanol–water partition coefficient (Wildman–Crippen LogP) is 8.29. The molecule has 1 amide bonds. The average molecular weight is 818 g/mol. The van der Waals surface area contributed by atoms with Crippen LogP contribution >= 0.6 is 11.6 Å². The minimum absolute atomic E-state index is 0.000408. The van der Waals surface area contributed by atoms with Gasteiger partial charge in [0.1, 0.15) is 48.1 Å². The molecule has 5 aromatic rings. The summed E-state index contributed by atoms with van der Waals surface area (Å²) in [5.74, 6) is -3.16. The average Bonchev–Trinajstić information content (AvgIpc) is 3.68. The van der Waals surface area contributed by atoms with Crippen molar-refractivity contribution in [1.29, 1.82) is 0 Å². The molecular formula is C39H32ClF8N7O2. The summed E-state index contributed by atoms with van der Waals surface area (Å²) in [5, 5.41) is 10.7. The Morgan fingerprint density at radius 1 is 1.04 bits per heavy atom. The summed E-state index contributed by atoms with van der Waals surface area (Å²) in [4.78, 5) is 30.3. The second-order valence-corrected chi connectivity index (χ2v) is 15.0. The molecule has 3 aromatic heterocycles. The lowest BCUT2D eigenvalue weighted by atomic mass is 9.73. The molecule has 2 aliphatic carbocycles. The van der Waals surface area contributed by atoms with Gasteiger partial charge in [-0.05, 0) is 80.8 Å². The molecule has 0 radical (unpaired) electrons. The number of aromatic nitrogens is 5. The first-order valence-corrected chi connectivity index (χ1v) is 18.0. The molecule has 0 aliphatic heterocycles. The van der Waals surface area contributed by atoms with Gasteiger partial charge in [-0.15, -0.1) is 0 Å². The van der Waals surface area contributed by atoms with Gasteiger partial charge in [-0.25, -0.2) is 31.3 Å². The first-order valence-electron chi connectivity index (χ1n) is 17.6. The molecule has 0 saturated heterocycles. The molecule has 3 heterocycles.